The first-order valence-corrected chi connectivity index (χ1v) is 5.66. The van der Waals surface area contributed by atoms with Gasteiger partial charge in [0.1, 0.15) is 0 Å². The van der Waals surface area contributed by atoms with Crippen LogP contribution in [0.5, 0.6) is 0 Å². The summed E-state index contributed by atoms with van der Waals surface area (Å²) in [5.41, 5.74) is 8.41. The molecule has 0 spiro atoms. The van der Waals surface area contributed by atoms with E-state index in [0.717, 1.165) is 29.5 Å². The van der Waals surface area contributed by atoms with Crippen LogP contribution in [-0.4, -0.2) is 18.0 Å². The number of hydrogen-bond acceptors (Lipinski definition) is 2. The molecule has 2 rings (SSSR count). The number of nitrogens with two attached hydrogens (primary N) is 1. The molecule has 1 saturated carbocycles. The summed E-state index contributed by atoms with van der Waals surface area (Å²) in [5.74, 6) is 0.00384. The number of carbonyl (C=O) groups is 1. The maximum atomic E-state index is 12.1. The molecule has 1 aromatic rings. The fourth-order valence-electron chi connectivity index (χ4n) is 1.82. The smallest absolute Gasteiger partial charge is 0.252 e. The summed E-state index contributed by atoms with van der Waals surface area (Å²) >= 11 is 0. The summed E-state index contributed by atoms with van der Waals surface area (Å²) in [4.78, 5) is 12.1. The highest BCUT2D eigenvalue weighted by molar-refractivity contribution is 5.96. The van der Waals surface area contributed by atoms with Crippen LogP contribution in [0, 0.1) is 13.8 Å². The minimum atomic E-state index is -0.118. The van der Waals surface area contributed by atoms with Gasteiger partial charge in [-0.15, -0.1) is 0 Å². The zero-order valence-corrected chi connectivity index (χ0v) is 9.84. The summed E-state index contributed by atoms with van der Waals surface area (Å²) in [5, 5.41) is 3.04. The predicted molar refractivity (Wildman–Crippen MR) is 64.4 cm³/mol. The van der Waals surface area contributed by atoms with Crippen molar-refractivity contribution in [2.45, 2.75) is 32.2 Å². The quantitative estimate of drug-likeness (QED) is 0.808. The molecule has 1 amide bonds. The lowest BCUT2D eigenvalue weighted by atomic mass is 10.0. The van der Waals surface area contributed by atoms with Gasteiger partial charge in [0.2, 0.25) is 0 Å². The summed E-state index contributed by atoms with van der Waals surface area (Å²) < 4.78 is 0. The van der Waals surface area contributed by atoms with Crippen LogP contribution < -0.4 is 11.1 Å². The van der Waals surface area contributed by atoms with Gasteiger partial charge < -0.3 is 11.1 Å². The van der Waals surface area contributed by atoms with Crippen LogP contribution >= 0.6 is 0 Å². The van der Waals surface area contributed by atoms with Crippen LogP contribution in [0.15, 0.2) is 18.2 Å². The minimum absolute atomic E-state index is 0.00384. The molecule has 3 N–H and O–H groups in total. The fourth-order valence-corrected chi connectivity index (χ4v) is 1.82. The highest BCUT2D eigenvalue weighted by atomic mass is 16.1. The summed E-state index contributed by atoms with van der Waals surface area (Å²) in [6, 6.07) is 5.92. The molecule has 0 bridgehead atoms. The van der Waals surface area contributed by atoms with Crippen molar-refractivity contribution in [2.24, 2.45) is 5.73 Å². The molecular weight excluding hydrogens is 200 g/mol. The highest BCUT2D eigenvalue weighted by Crippen LogP contribution is 2.34. The number of amides is 1. The SMILES string of the molecule is Cc1ccc(C)c(C(=O)NC2(CN)CC2)c1. The number of carbonyl (C=O) groups excluding carboxylic acids is 1. The normalized spacial score (nSPS) is 16.9. The molecule has 0 aromatic heterocycles. The van der Waals surface area contributed by atoms with E-state index in [2.05, 4.69) is 5.32 Å². The Hall–Kier alpha value is -1.35. The minimum Gasteiger partial charge on any atom is -0.345 e. The Morgan fingerprint density at radius 1 is 1.44 bits per heavy atom. The molecule has 1 fully saturated rings. The maximum absolute atomic E-state index is 12.1. The van der Waals surface area contributed by atoms with Crippen molar-refractivity contribution < 1.29 is 4.79 Å². The molecule has 0 heterocycles. The summed E-state index contributed by atoms with van der Waals surface area (Å²) in [6.45, 7) is 4.48. The Morgan fingerprint density at radius 3 is 2.69 bits per heavy atom. The molecule has 0 aliphatic heterocycles. The molecule has 3 nitrogen and oxygen atoms in total. The molecule has 1 aromatic carbocycles. The standard InChI is InChI=1S/C13H18N2O/c1-9-3-4-10(2)11(7-9)12(16)15-13(8-14)5-6-13/h3-4,7H,5-6,8,14H2,1-2H3,(H,15,16). The Morgan fingerprint density at radius 2 is 2.12 bits per heavy atom. The van der Waals surface area contributed by atoms with Gasteiger partial charge in [-0.05, 0) is 38.3 Å². The van der Waals surface area contributed by atoms with Crippen molar-refractivity contribution >= 4 is 5.91 Å². The van der Waals surface area contributed by atoms with Crippen LogP contribution in [-0.2, 0) is 0 Å². The van der Waals surface area contributed by atoms with Crippen LogP contribution in [0.2, 0.25) is 0 Å². The predicted octanol–water partition coefficient (Wildman–Crippen LogP) is 1.52. The summed E-state index contributed by atoms with van der Waals surface area (Å²) in [7, 11) is 0. The zero-order valence-electron chi connectivity index (χ0n) is 9.84. The van der Waals surface area contributed by atoms with Gasteiger partial charge in [0.25, 0.3) is 5.91 Å². The average molecular weight is 218 g/mol. The van der Waals surface area contributed by atoms with Crippen LogP contribution in [0.4, 0.5) is 0 Å². The third kappa shape index (κ3) is 2.09. The molecule has 1 aliphatic carbocycles. The first-order chi connectivity index (χ1) is 7.56. The van der Waals surface area contributed by atoms with Crippen molar-refractivity contribution in [1.29, 1.82) is 0 Å². The molecule has 1 aliphatic rings. The van der Waals surface area contributed by atoms with Crippen LogP contribution in [0.25, 0.3) is 0 Å². The highest BCUT2D eigenvalue weighted by Gasteiger charge is 2.42. The van der Waals surface area contributed by atoms with Gasteiger partial charge in [-0.1, -0.05) is 17.7 Å². The number of rotatable bonds is 3. The van der Waals surface area contributed by atoms with Crippen molar-refractivity contribution in [3.63, 3.8) is 0 Å². The second-order valence-corrected chi connectivity index (χ2v) is 4.76. The van der Waals surface area contributed by atoms with Gasteiger partial charge in [-0.25, -0.2) is 0 Å². The second kappa shape index (κ2) is 3.91. The average Bonchev–Trinajstić information content (AvgIpc) is 3.02. The number of aryl methyl sites for hydroxylation is 2. The first-order valence-electron chi connectivity index (χ1n) is 5.66. The molecule has 0 atom stereocenters. The van der Waals surface area contributed by atoms with E-state index in [1.54, 1.807) is 0 Å². The van der Waals surface area contributed by atoms with Gasteiger partial charge in [-0.3, -0.25) is 4.79 Å². The Bertz CT molecular complexity index is 422. The number of benzene rings is 1. The van der Waals surface area contributed by atoms with Crippen molar-refractivity contribution in [3.8, 4) is 0 Å². The molecular formula is C13H18N2O. The second-order valence-electron chi connectivity index (χ2n) is 4.76. The molecule has 16 heavy (non-hydrogen) atoms. The topological polar surface area (TPSA) is 55.1 Å². The largest absolute Gasteiger partial charge is 0.345 e. The van der Waals surface area contributed by atoms with Gasteiger partial charge in [0, 0.05) is 12.1 Å². The number of hydrogen-bond donors (Lipinski definition) is 2. The van der Waals surface area contributed by atoms with Crippen molar-refractivity contribution in [3.05, 3.63) is 34.9 Å². The first kappa shape index (κ1) is 11.1. The van der Waals surface area contributed by atoms with Gasteiger partial charge in [0.05, 0.1) is 5.54 Å². The maximum Gasteiger partial charge on any atom is 0.252 e. The fraction of sp³-hybridized carbons (Fsp3) is 0.462. The van der Waals surface area contributed by atoms with E-state index in [9.17, 15) is 4.79 Å². The van der Waals surface area contributed by atoms with Crippen molar-refractivity contribution in [2.75, 3.05) is 6.54 Å². The van der Waals surface area contributed by atoms with Crippen LogP contribution in [0.1, 0.15) is 34.3 Å². The third-order valence-electron chi connectivity index (χ3n) is 3.26. The van der Waals surface area contributed by atoms with E-state index in [4.69, 9.17) is 5.73 Å². The van der Waals surface area contributed by atoms with Gasteiger partial charge in [0.15, 0.2) is 0 Å². The zero-order chi connectivity index (χ0) is 11.8. The molecule has 0 unspecified atom stereocenters. The third-order valence-corrected chi connectivity index (χ3v) is 3.26. The molecule has 86 valence electrons. The van der Waals surface area contributed by atoms with E-state index < -0.39 is 0 Å². The molecule has 0 radical (unpaired) electrons. The van der Waals surface area contributed by atoms with E-state index in [0.29, 0.717) is 6.54 Å². The van der Waals surface area contributed by atoms with Crippen molar-refractivity contribution in [1.82, 2.24) is 5.32 Å². The van der Waals surface area contributed by atoms with Gasteiger partial charge in [-0.2, -0.15) is 0 Å². The van der Waals surface area contributed by atoms with E-state index in [-0.39, 0.29) is 11.4 Å². The van der Waals surface area contributed by atoms with E-state index >= 15 is 0 Å². The number of nitrogens with one attached hydrogen (secondary N) is 1. The Kier molecular flexibility index (Phi) is 2.72. The monoisotopic (exact) mass is 218 g/mol. The lowest BCUT2D eigenvalue weighted by molar-refractivity contribution is 0.0932. The summed E-state index contributed by atoms with van der Waals surface area (Å²) in [6.07, 6.45) is 2.00. The van der Waals surface area contributed by atoms with Gasteiger partial charge >= 0.3 is 0 Å². The van der Waals surface area contributed by atoms with E-state index in [1.165, 1.54) is 0 Å². The van der Waals surface area contributed by atoms with Crippen LogP contribution in [0.3, 0.4) is 0 Å². The lowest BCUT2D eigenvalue weighted by Gasteiger charge is -2.16. The van der Waals surface area contributed by atoms with E-state index in [1.807, 2.05) is 32.0 Å². The molecule has 3 heteroatoms. The Balaban J connectivity index is 2.17. The Labute approximate surface area is 96.0 Å². The molecule has 0 saturated heterocycles. The lowest BCUT2D eigenvalue weighted by Crippen LogP contribution is -2.42.